The first-order chi connectivity index (χ1) is 9.42. The van der Waals surface area contributed by atoms with Crippen LogP contribution < -0.4 is 10.0 Å². The molecule has 0 spiro atoms. The molecule has 1 fully saturated rings. The van der Waals surface area contributed by atoms with E-state index in [2.05, 4.69) is 10.0 Å². The highest BCUT2D eigenvalue weighted by Gasteiger charge is 2.25. The maximum Gasteiger partial charge on any atom is 0.244 e. The minimum Gasteiger partial charge on any atom is -0.464 e. The normalized spacial score (nSPS) is 17.4. The third-order valence-electron chi connectivity index (χ3n) is 3.13. The fourth-order valence-corrected chi connectivity index (χ4v) is 4.16. The van der Waals surface area contributed by atoms with Crippen LogP contribution in [0.2, 0.25) is 0 Å². The van der Waals surface area contributed by atoms with Crippen molar-refractivity contribution >= 4 is 21.8 Å². The smallest absolute Gasteiger partial charge is 0.244 e. The molecule has 2 rings (SSSR count). The largest absolute Gasteiger partial charge is 0.464 e. The van der Waals surface area contributed by atoms with Crippen LogP contribution >= 0.6 is 11.8 Å². The summed E-state index contributed by atoms with van der Waals surface area (Å²) in [7, 11) is -3.50. The van der Waals surface area contributed by atoms with Crippen molar-refractivity contribution in [2.45, 2.75) is 50.2 Å². The molecule has 7 heteroatoms. The highest BCUT2D eigenvalue weighted by molar-refractivity contribution is 7.98. The van der Waals surface area contributed by atoms with E-state index in [-0.39, 0.29) is 10.9 Å². The van der Waals surface area contributed by atoms with Crippen molar-refractivity contribution in [3.8, 4) is 0 Å². The van der Waals surface area contributed by atoms with Crippen LogP contribution in [-0.4, -0.2) is 32.5 Å². The first-order valence-corrected chi connectivity index (χ1v) is 9.64. The summed E-state index contributed by atoms with van der Waals surface area (Å²) in [6.45, 7) is 4.13. The summed E-state index contributed by atoms with van der Waals surface area (Å²) >= 11 is 1.61. The van der Waals surface area contributed by atoms with Gasteiger partial charge in [0.05, 0.1) is 6.54 Å². The van der Waals surface area contributed by atoms with Crippen molar-refractivity contribution in [1.29, 1.82) is 0 Å². The van der Waals surface area contributed by atoms with E-state index in [1.807, 2.05) is 13.2 Å². The Bertz CT molecular complexity index is 550. The summed E-state index contributed by atoms with van der Waals surface area (Å²) in [6, 6.07) is 2.09. The zero-order valence-corrected chi connectivity index (χ0v) is 13.7. The summed E-state index contributed by atoms with van der Waals surface area (Å²) in [5.74, 6) is 1.86. The van der Waals surface area contributed by atoms with Crippen molar-refractivity contribution in [3.63, 3.8) is 0 Å². The minimum atomic E-state index is -3.50. The molecule has 2 N–H and O–H groups in total. The second-order valence-electron chi connectivity index (χ2n) is 5.27. The molecule has 0 aromatic carbocycles. The lowest BCUT2D eigenvalue weighted by atomic mass is 10.4. The number of thioether (sulfide) groups is 1. The van der Waals surface area contributed by atoms with Crippen LogP contribution in [0, 0.1) is 6.92 Å². The average Bonchev–Trinajstić information content (AvgIpc) is 3.09. The standard InChI is InChI=1S/C13H22N2O3S2/c1-9(8-19-3)15-20(16,17)13-6-12(18-10(13)2)7-14-11-4-5-11/h6,9,11,14-15H,4-5,7-8H2,1-3H3. The fraction of sp³-hybridized carbons (Fsp3) is 0.692. The van der Waals surface area contributed by atoms with E-state index in [1.165, 1.54) is 12.8 Å². The molecule has 114 valence electrons. The highest BCUT2D eigenvalue weighted by atomic mass is 32.2. The van der Waals surface area contributed by atoms with Crippen LogP contribution in [-0.2, 0) is 16.6 Å². The quantitative estimate of drug-likeness (QED) is 0.765. The van der Waals surface area contributed by atoms with Gasteiger partial charge in [0.1, 0.15) is 16.4 Å². The maximum absolute atomic E-state index is 12.3. The van der Waals surface area contributed by atoms with Gasteiger partial charge in [0, 0.05) is 23.9 Å². The lowest BCUT2D eigenvalue weighted by Gasteiger charge is -2.12. The molecule has 1 atom stereocenters. The Labute approximate surface area is 124 Å². The van der Waals surface area contributed by atoms with Gasteiger partial charge in [0.2, 0.25) is 10.0 Å². The van der Waals surface area contributed by atoms with E-state index in [0.717, 1.165) is 5.75 Å². The summed E-state index contributed by atoms with van der Waals surface area (Å²) in [4.78, 5) is 0.248. The summed E-state index contributed by atoms with van der Waals surface area (Å²) in [5, 5.41) is 3.31. The number of hydrogen-bond donors (Lipinski definition) is 2. The van der Waals surface area contributed by atoms with E-state index in [1.54, 1.807) is 24.8 Å². The molecule has 1 saturated carbocycles. The van der Waals surface area contributed by atoms with E-state index in [4.69, 9.17) is 4.42 Å². The Kier molecular flexibility index (Phi) is 5.17. The number of rotatable bonds is 8. The van der Waals surface area contributed by atoms with Gasteiger partial charge in [-0.2, -0.15) is 11.8 Å². The van der Waals surface area contributed by atoms with E-state index >= 15 is 0 Å². The number of aryl methyl sites for hydroxylation is 1. The maximum atomic E-state index is 12.3. The van der Waals surface area contributed by atoms with Gasteiger partial charge < -0.3 is 9.73 Å². The van der Waals surface area contributed by atoms with Crippen LogP contribution in [0.3, 0.4) is 0 Å². The first kappa shape index (κ1) is 15.9. The lowest BCUT2D eigenvalue weighted by Crippen LogP contribution is -2.34. The summed E-state index contributed by atoms with van der Waals surface area (Å²) in [6.07, 6.45) is 4.34. The van der Waals surface area contributed by atoms with E-state index in [0.29, 0.717) is 24.1 Å². The Morgan fingerprint density at radius 3 is 2.80 bits per heavy atom. The van der Waals surface area contributed by atoms with Gasteiger partial charge >= 0.3 is 0 Å². The van der Waals surface area contributed by atoms with Gasteiger partial charge in [-0.3, -0.25) is 0 Å². The second-order valence-corrected chi connectivity index (χ2v) is 7.86. The van der Waals surface area contributed by atoms with Crippen LogP contribution in [0.25, 0.3) is 0 Å². The van der Waals surface area contributed by atoms with Crippen molar-refractivity contribution in [1.82, 2.24) is 10.0 Å². The second kappa shape index (κ2) is 6.51. The van der Waals surface area contributed by atoms with Gasteiger partial charge in [0.15, 0.2) is 0 Å². The van der Waals surface area contributed by atoms with Crippen molar-refractivity contribution in [2.75, 3.05) is 12.0 Å². The van der Waals surface area contributed by atoms with Crippen molar-refractivity contribution < 1.29 is 12.8 Å². The fourth-order valence-electron chi connectivity index (χ4n) is 2.02. The van der Waals surface area contributed by atoms with Gasteiger partial charge in [-0.25, -0.2) is 13.1 Å². The molecule has 0 amide bonds. The molecule has 0 radical (unpaired) electrons. The first-order valence-electron chi connectivity index (χ1n) is 6.76. The van der Waals surface area contributed by atoms with Crippen LogP contribution in [0.5, 0.6) is 0 Å². The van der Waals surface area contributed by atoms with Crippen molar-refractivity contribution in [3.05, 3.63) is 17.6 Å². The minimum absolute atomic E-state index is 0.0997. The topological polar surface area (TPSA) is 71.3 Å². The molecule has 20 heavy (non-hydrogen) atoms. The molecule has 1 unspecified atom stereocenters. The summed E-state index contributed by atoms with van der Waals surface area (Å²) < 4.78 is 32.8. The number of furan rings is 1. The zero-order chi connectivity index (χ0) is 14.8. The molecule has 1 aliphatic carbocycles. The summed E-state index contributed by atoms with van der Waals surface area (Å²) in [5.41, 5.74) is 0. The lowest BCUT2D eigenvalue weighted by molar-refractivity contribution is 0.456. The Hall–Kier alpha value is -0.500. The predicted octanol–water partition coefficient (Wildman–Crippen LogP) is 1.87. The molecular weight excluding hydrogens is 296 g/mol. The van der Waals surface area contributed by atoms with Crippen LogP contribution in [0.15, 0.2) is 15.4 Å². The molecule has 0 aliphatic heterocycles. The average molecular weight is 318 g/mol. The Balaban J connectivity index is 2.05. The van der Waals surface area contributed by atoms with Gasteiger partial charge in [-0.05, 0) is 32.9 Å². The third kappa shape index (κ3) is 4.25. The molecule has 1 aromatic heterocycles. The molecule has 1 aliphatic rings. The SMILES string of the molecule is CSCC(C)NS(=O)(=O)c1cc(CNC2CC2)oc1C. The molecule has 0 bridgehead atoms. The monoisotopic (exact) mass is 318 g/mol. The van der Waals surface area contributed by atoms with Crippen molar-refractivity contribution in [2.24, 2.45) is 0 Å². The molecule has 1 heterocycles. The van der Waals surface area contributed by atoms with E-state index < -0.39 is 10.0 Å². The molecule has 5 nitrogen and oxygen atoms in total. The molecular formula is C13H22N2O3S2. The van der Waals surface area contributed by atoms with E-state index in [9.17, 15) is 8.42 Å². The van der Waals surface area contributed by atoms with Gasteiger partial charge in [-0.15, -0.1) is 0 Å². The van der Waals surface area contributed by atoms with Gasteiger partial charge in [-0.1, -0.05) is 0 Å². The predicted molar refractivity (Wildman–Crippen MR) is 81.5 cm³/mol. The zero-order valence-electron chi connectivity index (χ0n) is 12.1. The number of hydrogen-bond acceptors (Lipinski definition) is 5. The third-order valence-corrected chi connectivity index (χ3v) is 5.66. The number of nitrogens with one attached hydrogen (secondary N) is 2. The number of sulfonamides is 1. The van der Waals surface area contributed by atoms with Gasteiger partial charge in [0.25, 0.3) is 0 Å². The highest BCUT2D eigenvalue weighted by Crippen LogP contribution is 2.23. The Morgan fingerprint density at radius 2 is 2.20 bits per heavy atom. The molecule has 0 saturated heterocycles. The molecule has 1 aromatic rings. The Morgan fingerprint density at radius 1 is 1.50 bits per heavy atom. The van der Waals surface area contributed by atoms with Crippen LogP contribution in [0.1, 0.15) is 31.3 Å². The van der Waals surface area contributed by atoms with Crippen LogP contribution in [0.4, 0.5) is 0 Å².